The van der Waals surface area contributed by atoms with Crippen LogP contribution in [-0.2, 0) is 17.1 Å². The summed E-state index contributed by atoms with van der Waals surface area (Å²) in [7, 11) is -2.64. The maximum absolute atomic E-state index is 13.5. The molecule has 1 aromatic carbocycles. The van der Waals surface area contributed by atoms with Gasteiger partial charge in [0.05, 0.1) is 11.6 Å². The number of nitriles is 1. The molecule has 9 nitrogen and oxygen atoms in total. The van der Waals surface area contributed by atoms with Crippen molar-refractivity contribution >= 4 is 21.6 Å². The van der Waals surface area contributed by atoms with Gasteiger partial charge in [-0.2, -0.15) is 5.26 Å². The topological polar surface area (TPSA) is 133 Å². The number of hydrogen-bond donors (Lipinski definition) is 3. The van der Waals surface area contributed by atoms with Crippen molar-refractivity contribution in [2.45, 2.75) is 29.9 Å². The van der Waals surface area contributed by atoms with Gasteiger partial charge in [0.15, 0.2) is 11.4 Å². The Hall–Kier alpha value is -3.38. The van der Waals surface area contributed by atoms with Gasteiger partial charge in [-0.1, -0.05) is 11.8 Å². The summed E-state index contributed by atoms with van der Waals surface area (Å²) in [5, 5.41) is 21.8. The van der Waals surface area contributed by atoms with Crippen LogP contribution < -0.4 is 14.8 Å². The Labute approximate surface area is 183 Å². The molecular formula is C21H19FN4O5S. The number of carbonyl (C=O) groups is 1. The van der Waals surface area contributed by atoms with Crippen LogP contribution in [0, 0.1) is 34.9 Å². The van der Waals surface area contributed by atoms with Gasteiger partial charge in [0.1, 0.15) is 29.5 Å². The lowest BCUT2D eigenvalue weighted by atomic mass is 10.2. The molecular weight excluding hydrogens is 439 g/mol. The van der Waals surface area contributed by atoms with Crippen LogP contribution in [0.2, 0.25) is 0 Å². The standard InChI is InChI=1S/C21H19FN4O5S/c1-26-10-18-20(19(26)21(28)24-14-5-6-15(22)13(8-14)9-23)31-11-16(25-32(18,29)30)17(27)7-4-12-2-3-12/h5-6,8,10,12,16-17,25,27H,2-3,11H2,1H3,(H,24,28)/t16-,17?/m1/s1. The molecule has 2 atom stereocenters. The quantitative estimate of drug-likeness (QED) is 0.590. The minimum Gasteiger partial charge on any atom is -0.488 e. The number of rotatable bonds is 3. The van der Waals surface area contributed by atoms with Crippen LogP contribution in [0.3, 0.4) is 0 Å². The number of ether oxygens (including phenoxy) is 1. The van der Waals surface area contributed by atoms with Gasteiger partial charge in [-0.15, -0.1) is 0 Å². The highest BCUT2D eigenvalue weighted by Crippen LogP contribution is 2.33. The summed E-state index contributed by atoms with van der Waals surface area (Å²) in [5.41, 5.74) is -0.186. The van der Waals surface area contributed by atoms with Crippen molar-refractivity contribution in [1.82, 2.24) is 9.29 Å². The number of halogens is 1. The molecule has 3 N–H and O–H groups in total. The van der Waals surface area contributed by atoms with E-state index in [1.165, 1.54) is 29.9 Å². The molecule has 2 aromatic rings. The first-order chi connectivity index (χ1) is 15.2. The fourth-order valence-corrected chi connectivity index (χ4v) is 4.63. The number of nitrogens with one attached hydrogen (secondary N) is 2. The third-order valence-electron chi connectivity index (χ3n) is 5.06. The van der Waals surface area contributed by atoms with Crippen molar-refractivity contribution in [3.05, 3.63) is 41.5 Å². The molecule has 1 aliphatic carbocycles. The molecule has 1 unspecified atom stereocenters. The predicted molar refractivity (Wildman–Crippen MR) is 111 cm³/mol. The Morgan fingerprint density at radius 3 is 2.88 bits per heavy atom. The Kier molecular flexibility index (Phi) is 5.65. The number of carbonyl (C=O) groups excluding carboxylic acids is 1. The number of aromatic nitrogens is 1. The molecule has 1 saturated carbocycles. The van der Waals surface area contributed by atoms with Gasteiger partial charge in [0.25, 0.3) is 5.91 Å². The highest BCUT2D eigenvalue weighted by Gasteiger charge is 2.36. The molecule has 0 saturated heterocycles. The molecule has 166 valence electrons. The number of aliphatic hydroxyl groups is 1. The van der Waals surface area contributed by atoms with Crippen molar-refractivity contribution in [1.29, 1.82) is 5.26 Å². The van der Waals surface area contributed by atoms with Crippen LogP contribution in [0.4, 0.5) is 10.1 Å². The summed E-state index contributed by atoms with van der Waals surface area (Å²) in [6.45, 7) is -0.244. The average molecular weight is 458 g/mol. The van der Waals surface area contributed by atoms with E-state index >= 15 is 0 Å². The maximum Gasteiger partial charge on any atom is 0.276 e. The lowest BCUT2D eigenvalue weighted by Gasteiger charge is -2.17. The van der Waals surface area contributed by atoms with Gasteiger partial charge >= 0.3 is 0 Å². The largest absolute Gasteiger partial charge is 0.488 e. The monoisotopic (exact) mass is 458 g/mol. The number of amides is 1. The zero-order chi connectivity index (χ0) is 23.0. The average Bonchev–Trinajstić information content (AvgIpc) is 3.52. The summed E-state index contributed by atoms with van der Waals surface area (Å²) in [4.78, 5) is 12.6. The Balaban J connectivity index is 1.61. The zero-order valence-corrected chi connectivity index (χ0v) is 17.7. The van der Waals surface area contributed by atoms with E-state index in [1.54, 1.807) is 6.07 Å². The second kappa shape index (κ2) is 8.28. The van der Waals surface area contributed by atoms with Crippen LogP contribution in [0.5, 0.6) is 5.75 Å². The van der Waals surface area contributed by atoms with E-state index in [-0.39, 0.29) is 40.1 Å². The second-order valence-electron chi connectivity index (χ2n) is 7.59. The molecule has 1 aromatic heterocycles. The molecule has 0 bridgehead atoms. The van der Waals surface area contributed by atoms with E-state index < -0.39 is 33.9 Å². The second-order valence-corrected chi connectivity index (χ2v) is 9.27. The van der Waals surface area contributed by atoms with Crippen LogP contribution in [0.15, 0.2) is 29.3 Å². The molecule has 2 aliphatic rings. The lowest BCUT2D eigenvalue weighted by Crippen LogP contribution is -2.45. The number of hydrogen-bond acceptors (Lipinski definition) is 6. The number of sulfonamides is 1. The Morgan fingerprint density at radius 2 is 2.19 bits per heavy atom. The highest BCUT2D eigenvalue weighted by atomic mass is 32.2. The van der Waals surface area contributed by atoms with E-state index in [0.29, 0.717) is 0 Å². The first-order valence-electron chi connectivity index (χ1n) is 9.74. The van der Waals surface area contributed by atoms with Crippen molar-refractivity contribution < 1.29 is 27.4 Å². The first kappa shape index (κ1) is 21.8. The summed E-state index contributed by atoms with van der Waals surface area (Å²) in [5.74, 6) is 4.15. The predicted octanol–water partition coefficient (Wildman–Crippen LogP) is 1.10. The van der Waals surface area contributed by atoms with Gasteiger partial charge in [-0.3, -0.25) is 4.79 Å². The fraction of sp³-hybridized carbons (Fsp3) is 0.333. The van der Waals surface area contributed by atoms with E-state index in [0.717, 1.165) is 18.9 Å². The number of fused-ring (bicyclic) bond motifs is 1. The summed E-state index contributed by atoms with van der Waals surface area (Å²) in [6, 6.07) is 4.15. The molecule has 1 aliphatic heterocycles. The molecule has 2 heterocycles. The van der Waals surface area contributed by atoms with Crippen molar-refractivity contribution in [3.63, 3.8) is 0 Å². The lowest BCUT2D eigenvalue weighted by molar-refractivity contribution is 0.101. The van der Waals surface area contributed by atoms with Gasteiger partial charge in [0, 0.05) is 24.8 Å². The summed E-state index contributed by atoms with van der Waals surface area (Å²) < 4.78 is 48.6. The van der Waals surface area contributed by atoms with Crippen LogP contribution in [0.1, 0.15) is 28.9 Å². The zero-order valence-electron chi connectivity index (χ0n) is 16.9. The van der Waals surface area contributed by atoms with Crippen molar-refractivity contribution in [2.24, 2.45) is 13.0 Å². The van der Waals surface area contributed by atoms with E-state index in [1.807, 2.05) is 0 Å². The number of aryl methyl sites for hydroxylation is 1. The molecule has 32 heavy (non-hydrogen) atoms. The van der Waals surface area contributed by atoms with E-state index in [2.05, 4.69) is 21.9 Å². The normalized spacial score (nSPS) is 19.9. The number of anilines is 1. The number of nitrogens with zero attached hydrogens (tertiary/aromatic N) is 2. The molecule has 1 fully saturated rings. The minimum atomic E-state index is -4.12. The van der Waals surface area contributed by atoms with Gasteiger partial charge in [-0.25, -0.2) is 17.5 Å². The highest BCUT2D eigenvalue weighted by molar-refractivity contribution is 7.89. The van der Waals surface area contributed by atoms with Crippen LogP contribution in [0.25, 0.3) is 0 Å². The molecule has 1 amide bonds. The van der Waals surface area contributed by atoms with Crippen LogP contribution in [-0.4, -0.2) is 42.8 Å². The van der Waals surface area contributed by atoms with Gasteiger partial charge < -0.3 is 19.7 Å². The number of aliphatic hydroxyl groups excluding tert-OH is 1. The third kappa shape index (κ3) is 4.32. The van der Waals surface area contributed by atoms with Gasteiger partial charge in [0.2, 0.25) is 10.0 Å². The molecule has 4 rings (SSSR count). The van der Waals surface area contributed by atoms with Crippen molar-refractivity contribution in [3.8, 4) is 23.7 Å². The fourth-order valence-electron chi connectivity index (χ4n) is 3.21. The minimum absolute atomic E-state index is 0.0904. The molecule has 11 heteroatoms. The smallest absolute Gasteiger partial charge is 0.276 e. The van der Waals surface area contributed by atoms with E-state index in [4.69, 9.17) is 10.00 Å². The molecule has 0 spiro atoms. The summed E-state index contributed by atoms with van der Waals surface area (Å²) >= 11 is 0. The Bertz CT molecular complexity index is 1300. The number of benzene rings is 1. The van der Waals surface area contributed by atoms with E-state index in [9.17, 15) is 22.7 Å². The van der Waals surface area contributed by atoms with Gasteiger partial charge in [-0.05, 0) is 31.0 Å². The Morgan fingerprint density at radius 1 is 1.44 bits per heavy atom. The first-order valence-corrected chi connectivity index (χ1v) is 11.2. The third-order valence-corrected chi connectivity index (χ3v) is 6.54. The van der Waals surface area contributed by atoms with Crippen molar-refractivity contribution in [2.75, 3.05) is 11.9 Å². The van der Waals surface area contributed by atoms with Crippen LogP contribution >= 0.6 is 0 Å². The summed E-state index contributed by atoms with van der Waals surface area (Å²) in [6.07, 6.45) is 1.87. The molecule has 0 radical (unpaired) electrons. The maximum atomic E-state index is 13.5. The SMILES string of the molecule is Cn1cc2c(c1C(=O)Nc1ccc(F)c(C#N)c1)OC[C@H](C(O)C#CC1CC1)NS2(=O)=O.